The number of hydrogen-bond donors (Lipinski definition) is 3. The van der Waals surface area contributed by atoms with Crippen LogP contribution in [0.1, 0.15) is 38.3 Å². The summed E-state index contributed by atoms with van der Waals surface area (Å²) >= 11 is 0. The minimum Gasteiger partial charge on any atom is -0.465 e. The Balaban J connectivity index is 1.57. The van der Waals surface area contributed by atoms with Gasteiger partial charge in [-0.05, 0) is 38.3 Å². The second kappa shape index (κ2) is 12.5. The Morgan fingerprint density at radius 1 is 1.07 bits per heavy atom. The maximum Gasteiger partial charge on any atom is 0.405 e. The van der Waals surface area contributed by atoms with E-state index in [2.05, 4.69) is 15.7 Å². The maximum atomic E-state index is 14.0. The molecule has 0 spiro atoms. The number of hydrogen-bond acceptors (Lipinski definition) is 6. The molecular formula is C30H37N5O6. The molecule has 41 heavy (non-hydrogen) atoms. The van der Waals surface area contributed by atoms with Crippen LogP contribution in [0.5, 0.6) is 0 Å². The Hall–Kier alpha value is -4.25. The van der Waals surface area contributed by atoms with Gasteiger partial charge in [-0.25, -0.2) is 9.80 Å². The fourth-order valence-electron chi connectivity index (χ4n) is 5.26. The van der Waals surface area contributed by atoms with Gasteiger partial charge >= 0.3 is 6.09 Å². The van der Waals surface area contributed by atoms with Crippen molar-refractivity contribution in [1.29, 1.82) is 0 Å². The molecule has 2 heterocycles. The van der Waals surface area contributed by atoms with Crippen LogP contribution in [-0.4, -0.2) is 82.4 Å². The molecule has 2 aromatic carbocycles. The molecule has 2 atom stereocenters. The standard InChI is InChI=1S/C30H37N5O6/c1-4-35-27(38)30(17-21-11-7-5-8-12-21)20-34(16-15-24(30)33-35)25(36)23(19-41-18-22-13-9-6-10-14-22)31-26(37)29(2,3)32-28(39)40/h5-14,23,32H,4,15-20H2,1-3H3,(H,31,37)(H,39,40). The molecule has 11 heteroatoms. The van der Waals surface area contributed by atoms with Crippen LogP contribution in [0.4, 0.5) is 4.79 Å². The molecule has 2 unspecified atom stereocenters. The van der Waals surface area contributed by atoms with Gasteiger partial charge < -0.3 is 25.4 Å². The van der Waals surface area contributed by atoms with E-state index in [9.17, 15) is 24.3 Å². The number of ether oxygens (including phenoxy) is 1. The largest absolute Gasteiger partial charge is 0.465 e. The van der Waals surface area contributed by atoms with Crippen LogP contribution in [0.3, 0.4) is 0 Å². The Kier molecular flexibility index (Phi) is 9.07. The molecule has 0 bridgehead atoms. The Bertz CT molecular complexity index is 1300. The second-order valence-corrected chi connectivity index (χ2v) is 10.9. The number of carboxylic acid groups (broad SMARTS) is 1. The highest BCUT2D eigenvalue weighted by atomic mass is 16.5. The Morgan fingerprint density at radius 2 is 1.71 bits per heavy atom. The van der Waals surface area contributed by atoms with Crippen molar-refractivity contribution in [2.75, 3.05) is 26.2 Å². The Labute approximate surface area is 239 Å². The average Bonchev–Trinajstić information content (AvgIpc) is 3.22. The zero-order valence-electron chi connectivity index (χ0n) is 23.6. The van der Waals surface area contributed by atoms with Crippen molar-refractivity contribution >= 4 is 29.5 Å². The van der Waals surface area contributed by atoms with Crippen molar-refractivity contribution in [2.24, 2.45) is 10.5 Å². The molecule has 0 radical (unpaired) electrons. The number of fused-ring (bicyclic) bond motifs is 1. The van der Waals surface area contributed by atoms with Gasteiger partial charge in [-0.2, -0.15) is 5.10 Å². The number of likely N-dealkylation sites (tertiary alicyclic amines) is 1. The quantitative estimate of drug-likeness (QED) is 0.384. The van der Waals surface area contributed by atoms with Gasteiger partial charge in [0, 0.05) is 26.1 Å². The third-order valence-corrected chi connectivity index (χ3v) is 7.46. The van der Waals surface area contributed by atoms with Crippen LogP contribution >= 0.6 is 0 Å². The number of nitrogens with zero attached hydrogens (tertiary/aromatic N) is 3. The monoisotopic (exact) mass is 563 g/mol. The van der Waals surface area contributed by atoms with Gasteiger partial charge in [-0.1, -0.05) is 60.7 Å². The first-order chi connectivity index (χ1) is 19.6. The second-order valence-electron chi connectivity index (χ2n) is 10.9. The lowest BCUT2D eigenvalue weighted by molar-refractivity contribution is -0.144. The molecule has 0 aliphatic carbocycles. The van der Waals surface area contributed by atoms with Gasteiger partial charge in [0.1, 0.15) is 17.0 Å². The molecule has 4 rings (SSSR count). The molecule has 3 N–H and O–H groups in total. The molecule has 218 valence electrons. The van der Waals surface area contributed by atoms with E-state index in [0.717, 1.165) is 16.8 Å². The van der Waals surface area contributed by atoms with Crippen LogP contribution < -0.4 is 10.6 Å². The summed E-state index contributed by atoms with van der Waals surface area (Å²) < 4.78 is 5.85. The van der Waals surface area contributed by atoms with E-state index in [0.29, 0.717) is 25.9 Å². The first-order valence-electron chi connectivity index (χ1n) is 13.7. The average molecular weight is 564 g/mol. The molecule has 0 aromatic heterocycles. The van der Waals surface area contributed by atoms with E-state index in [1.165, 1.54) is 18.9 Å². The van der Waals surface area contributed by atoms with Crippen LogP contribution in [0.15, 0.2) is 65.8 Å². The van der Waals surface area contributed by atoms with E-state index in [1.54, 1.807) is 4.90 Å². The lowest BCUT2D eigenvalue weighted by atomic mass is 9.73. The smallest absolute Gasteiger partial charge is 0.405 e. The molecule has 0 saturated carbocycles. The van der Waals surface area contributed by atoms with Crippen molar-refractivity contribution in [3.8, 4) is 0 Å². The highest BCUT2D eigenvalue weighted by molar-refractivity contribution is 6.13. The lowest BCUT2D eigenvalue weighted by Gasteiger charge is -2.41. The maximum absolute atomic E-state index is 14.0. The van der Waals surface area contributed by atoms with Crippen LogP contribution in [0.25, 0.3) is 0 Å². The predicted octanol–water partition coefficient (Wildman–Crippen LogP) is 2.41. The van der Waals surface area contributed by atoms with Crippen molar-refractivity contribution in [1.82, 2.24) is 20.5 Å². The zero-order valence-corrected chi connectivity index (χ0v) is 23.6. The summed E-state index contributed by atoms with van der Waals surface area (Å²) in [6.07, 6.45) is -0.555. The fraction of sp³-hybridized carbons (Fsp3) is 0.433. The minimum absolute atomic E-state index is 0.108. The Morgan fingerprint density at radius 3 is 2.32 bits per heavy atom. The molecule has 4 amide bonds. The summed E-state index contributed by atoms with van der Waals surface area (Å²) in [4.78, 5) is 53.6. The van der Waals surface area contributed by atoms with Crippen molar-refractivity contribution in [2.45, 2.75) is 51.8 Å². The number of piperidine rings is 1. The van der Waals surface area contributed by atoms with Gasteiger partial charge in [-0.3, -0.25) is 14.4 Å². The summed E-state index contributed by atoms with van der Waals surface area (Å²) in [5.74, 6) is -1.23. The molecule has 2 aliphatic heterocycles. The third kappa shape index (κ3) is 6.74. The SMILES string of the molecule is CCN1N=C2CCN(C(=O)C(COCc3ccccc3)NC(=O)C(C)(C)NC(=O)O)CC2(Cc2ccccc2)C1=O. The van der Waals surface area contributed by atoms with E-state index in [4.69, 9.17) is 4.74 Å². The summed E-state index contributed by atoms with van der Waals surface area (Å²) in [5.41, 5.74) is 0.107. The number of hydrazone groups is 1. The van der Waals surface area contributed by atoms with Gasteiger partial charge in [-0.15, -0.1) is 0 Å². The highest BCUT2D eigenvalue weighted by Crippen LogP contribution is 2.38. The zero-order chi connectivity index (χ0) is 29.6. The van der Waals surface area contributed by atoms with Gasteiger partial charge in [0.15, 0.2) is 0 Å². The van der Waals surface area contributed by atoms with Gasteiger partial charge in [0.2, 0.25) is 11.8 Å². The van der Waals surface area contributed by atoms with Crippen LogP contribution in [0, 0.1) is 5.41 Å². The van der Waals surface area contributed by atoms with Crippen molar-refractivity contribution in [3.05, 3.63) is 71.8 Å². The number of rotatable bonds is 11. The summed E-state index contributed by atoms with van der Waals surface area (Å²) in [6.45, 7) is 5.62. The lowest BCUT2D eigenvalue weighted by Crippen LogP contribution is -2.62. The third-order valence-electron chi connectivity index (χ3n) is 7.46. The number of nitrogens with one attached hydrogen (secondary N) is 2. The minimum atomic E-state index is -1.50. The van der Waals surface area contributed by atoms with Crippen LogP contribution in [-0.2, 0) is 32.1 Å². The molecule has 11 nitrogen and oxygen atoms in total. The molecule has 2 aromatic rings. The van der Waals surface area contributed by atoms with E-state index in [-0.39, 0.29) is 25.7 Å². The number of carbonyl (C=O) groups is 4. The fourth-order valence-corrected chi connectivity index (χ4v) is 5.26. The molecule has 2 aliphatic rings. The topological polar surface area (TPSA) is 141 Å². The van der Waals surface area contributed by atoms with E-state index >= 15 is 0 Å². The van der Waals surface area contributed by atoms with E-state index in [1.807, 2.05) is 67.6 Å². The van der Waals surface area contributed by atoms with Gasteiger partial charge in [0.25, 0.3) is 5.91 Å². The summed E-state index contributed by atoms with van der Waals surface area (Å²) in [6, 6.07) is 17.9. The van der Waals surface area contributed by atoms with Crippen LogP contribution in [0.2, 0.25) is 0 Å². The molecular weight excluding hydrogens is 526 g/mol. The van der Waals surface area contributed by atoms with Gasteiger partial charge in [0.05, 0.1) is 18.9 Å². The van der Waals surface area contributed by atoms with Crippen molar-refractivity contribution < 1.29 is 29.0 Å². The number of benzene rings is 2. The number of amides is 4. The summed E-state index contributed by atoms with van der Waals surface area (Å²) in [5, 5.41) is 20.1. The first-order valence-corrected chi connectivity index (χ1v) is 13.7. The normalized spacial score (nSPS) is 19.3. The van der Waals surface area contributed by atoms with E-state index < -0.39 is 34.9 Å². The first kappa shape index (κ1) is 29.7. The predicted molar refractivity (Wildman–Crippen MR) is 152 cm³/mol. The summed E-state index contributed by atoms with van der Waals surface area (Å²) in [7, 11) is 0. The molecule has 1 fully saturated rings. The van der Waals surface area contributed by atoms with Crippen molar-refractivity contribution in [3.63, 3.8) is 0 Å². The number of carbonyl (C=O) groups excluding carboxylic acids is 3. The molecule has 1 saturated heterocycles. The highest BCUT2D eigenvalue weighted by Gasteiger charge is 2.54.